The SMILES string of the molecule is COCCNCc1cnn(Cc2ccccc2)c1. The lowest BCUT2D eigenvalue weighted by atomic mass is 10.2. The third-order valence-corrected chi connectivity index (χ3v) is 2.69. The molecule has 2 rings (SSSR count). The molecule has 0 saturated carbocycles. The highest BCUT2D eigenvalue weighted by atomic mass is 16.5. The third kappa shape index (κ3) is 3.98. The van der Waals surface area contributed by atoms with Crippen LogP contribution in [0.2, 0.25) is 0 Å². The summed E-state index contributed by atoms with van der Waals surface area (Å²) in [6.45, 7) is 3.25. The first-order valence-corrected chi connectivity index (χ1v) is 6.13. The van der Waals surface area contributed by atoms with Crippen LogP contribution in [0.5, 0.6) is 0 Å². The minimum Gasteiger partial charge on any atom is -0.383 e. The van der Waals surface area contributed by atoms with Crippen molar-refractivity contribution in [1.29, 1.82) is 0 Å². The second-order valence-electron chi connectivity index (χ2n) is 4.20. The van der Waals surface area contributed by atoms with E-state index in [1.54, 1.807) is 7.11 Å². The van der Waals surface area contributed by atoms with Crippen molar-refractivity contribution in [2.24, 2.45) is 0 Å². The molecule has 0 spiro atoms. The van der Waals surface area contributed by atoms with Crippen molar-refractivity contribution < 1.29 is 4.74 Å². The molecule has 0 aliphatic carbocycles. The van der Waals surface area contributed by atoms with Crippen molar-refractivity contribution in [2.45, 2.75) is 13.1 Å². The monoisotopic (exact) mass is 245 g/mol. The molecule has 0 unspecified atom stereocenters. The van der Waals surface area contributed by atoms with E-state index in [0.717, 1.165) is 26.2 Å². The number of nitrogens with zero attached hydrogens (tertiary/aromatic N) is 2. The van der Waals surface area contributed by atoms with E-state index in [1.807, 2.05) is 29.1 Å². The van der Waals surface area contributed by atoms with Gasteiger partial charge < -0.3 is 10.1 Å². The maximum absolute atomic E-state index is 4.98. The normalized spacial score (nSPS) is 10.7. The Morgan fingerprint density at radius 2 is 2.06 bits per heavy atom. The molecule has 0 fully saturated rings. The predicted octanol–water partition coefficient (Wildman–Crippen LogP) is 1.67. The van der Waals surface area contributed by atoms with Gasteiger partial charge in [-0.25, -0.2) is 0 Å². The zero-order valence-corrected chi connectivity index (χ0v) is 10.7. The van der Waals surface area contributed by atoms with E-state index in [-0.39, 0.29) is 0 Å². The first-order chi connectivity index (χ1) is 8.88. The summed E-state index contributed by atoms with van der Waals surface area (Å²) in [7, 11) is 1.71. The molecule has 96 valence electrons. The molecule has 1 aromatic heterocycles. The number of rotatable bonds is 7. The quantitative estimate of drug-likeness (QED) is 0.754. The molecule has 1 aromatic carbocycles. The Hall–Kier alpha value is -1.65. The summed E-state index contributed by atoms with van der Waals surface area (Å²) in [5.74, 6) is 0. The fraction of sp³-hybridized carbons (Fsp3) is 0.357. The Bertz CT molecular complexity index is 453. The van der Waals surface area contributed by atoms with E-state index in [4.69, 9.17) is 4.74 Å². The Labute approximate surface area is 108 Å². The minimum absolute atomic E-state index is 0.734. The largest absolute Gasteiger partial charge is 0.383 e. The first-order valence-electron chi connectivity index (χ1n) is 6.13. The van der Waals surface area contributed by atoms with E-state index >= 15 is 0 Å². The fourth-order valence-electron chi connectivity index (χ4n) is 1.76. The van der Waals surface area contributed by atoms with Gasteiger partial charge >= 0.3 is 0 Å². The molecule has 0 saturated heterocycles. The van der Waals surface area contributed by atoms with Crippen LogP contribution in [0.4, 0.5) is 0 Å². The fourth-order valence-corrected chi connectivity index (χ4v) is 1.76. The Morgan fingerprint density at radius 3 is 2.83 bits per heavy atom. The number of ether oxygens (including phenoxy) is 1. The van der Waals surface area contributed by atoms with Gasteiger partial charge in [-0.1, -0.05) is 30.3 Å². The topological polar surface area (TPSA) is 39.1 Å². The van der Waals surface area contributed by atoms with Crippen LogP contribution in [0.1, 0.15) is 11.1 Å². The number of hydrogen-bond donors (Lipinski definition) is 1. The zero-order chi connectivity index (χ0) is 12.6. The number of aromatic nitrogens is 2. The highest BCUT2D eigenvalue weighted by molar-refractivity contribution is 5.15. The summed E-state index contributed by atoms with van der Waals surface area (Å²) < 4.78 is 6.94. The number of nitrogens with one attached hydrogen (secondary N) is 1. The van der Waals surface area contributed by atoms with E-state index in [2.05, 4.69) is 28.7 Å². The summed E-state index contributed by atoms with van der Waals surface area (Å²) in [5.41, 5.74) is 2.46. The summed E-state index contributed by atoms with van der Waals surface area (Å²) in [5, 5.41) is 7.66. The lowest BCUT2D eigenvalue weighted by Gasteiger charge is -2.02. The van der Waals surface area contributed by atoms with Crippen LogP contribution in [0, 0.1) is 0 Å². The standard InChI is InChI=1S/C14H19N3O/c1-18-8-7-15-9-14-10-16-17(12-14)11-13-5-3-2-4-6-13/h2-6,10,12,15H,7-9,11H2,1H3. The van der Waals surface area contributed by atoms with Crippen LogP contribution >= 0.6 is 0 Å². The highest BCUT2D eigenvalue weighted by Gasteiger charge is 1.99. The van der Waals surface area contributed by atoms with Gasteiger partial charge in [0.2, 0.25) is 0 Å². The molecule has 4 heteroatoms. The zero-order valence-electron chi connectivity index (χ0n) is 10.7. The molecule has 0 aliphatic rings. The molecule has 0 amide bonds. The maximum Gasteiger partial charge on any atom is 0.0659 e. The van der Waals surface area contributed by atoms with Crippen LogP contribution in [-0.2, 0) is 17.8 Å². The molecule has 0 bridgehead atoms. The number of hydrogen-bond acceptors (Lipinski definition) is 3. The first kappa shape index (κ1) is 12.8. The van der Waals surface area contributed by atoms with Crippen LogP contribution in [-0.4, -0.2) is 30.0 Å². The highest BCUT2D eigenvalue weighted by Crippen LogP contribution is 2.03. The average Bonchev–Trinajstić information content (AvgIpc) is 2.84. The smallest absolute Gasteiger partial charge is 0.0659 e. The molecule has 1 N–H and O–H groups in total. The minimum atomic E-state index is 0.734. The molecular formula is C14H19N3O. The van der Waals surface area contributed by atoms with Crippen molar-refractivity contribution in [2.75, 3.05) is 20.3 Å². The van der Waals surface area contributed by atoms with Gasteiger partial charge in [-0.05, 0) is 5.56 Å². The average molecular weight is 245 g/mol. The van der Waals surface area contributed by atoms with Gasteiger partial charge in [0, 0.05) is 32.0 Å². The summed E-state index contributed by atoms with van der Waals surface area (Å²) in [6, 6.07) is 10.3. The van der Waals surface area contributed by atoms with E-state index in [1.165, 1.54) is 11.1 Å². The Balaban J connectivity index is 1.83. The molecule has 0 aliphatic heterocycles. The molecule has 1 heterocycles. The van der Waals surface area contributed by atoms with E-state index < -0.39 is 0 Å². The Kier molecular flexibility index (Phi) is 4.93. The van der Waals surface area contributed by atoms with Gasteiger partial charge in [0.1, 0.15) is 0 Å². The van der Waals surface area contributed by atoms with Crippen LogP contribution in [0.15, 0.2) is 42.7 Å². The summed E-state index contributed by atoms with van der Waals surface area (Å²) in [4.78, 5) is 0. The number of benzene rings is 1. The predicted molar refractivity (Wildman–Crippen MR) is 71.4 cm³/mol. The van der Waals surface area contributed by atoms with Crippen molar-refractivity contribution in [3.05, 3.63) is 53.9 Å². The van der Waals surface area contributed by atoms with Crippen molar-refractivity contribution >= 4 is 0 Å². The lowest BCUT2D eigenvalue weighted by Crippen LogP contribution is -2.18. The van der Waals surface area contributed by atoms with Gasteiger partial charge in [-0.3, -0.25) is 4.68 Å². The molecule has 18 heavy (non-hydrogen) atoms. The van der Waals surface area contributed by atoms with Gasteiger partial charge in [-0.2, -0.15) is 5.10 Å². The molecule has 0 atom stereocenters. The third-order valence-electron chi connectivity index (χ3n) is 2.69. The van der Waals surface area contributed by atoms with E-state index in [9.17, 15) is 0 Å². The second-order valence-corrected chi connectivity index (χ2v) is 4.20. The second kappa shape index (κ2) is 6.93. The lowest BCUT2D eigenvalue weighted by molar-refractivity contribution is 0.199. The summed E-state index contributed by atoms with van der Waals surface area (Å²) >= 11 is 0. The van der Waals surface area contributed by atoms with Crippen LogP contribution in [0.25, 0.3) is 0 Å². The molecule has 2 aromatic rings. The van der Waals surface area contributed by atoms with E-state index in [0.29, 0.717) is 0 Å². The van der Waals surface area contributed by atoms with Crippen molar-refractivity contribution in [3.8, 4) is 0 Å². The van der Waals surface area contributed by atoms with Gasteiger partial charge in [-0.15, -0.1) is 0 Å². The maximum atomic E-state index is 4.98. The van der Waals surface area contributed by atoms with Crippen LogP contribution in [0.3, 0.4) is 0 Å². The van der Waals surface area contributed by atoms with Gasteiger partial charge in [0.25, 0.3) is 0 Å². The number of methoxy groups -OCH3 is 1. The molecule has 4 nitrogen and oxygen atoms in total. The van der Waals surface area contributed by atoms with Gasteiger partial charge in [0.15, 0.2) is 0 Å². The van der Waals surface area contributed by atoms with Crippen molar-refractivity contribution in [3.63, 3.8) is 0 Å². The Morgan fingerprint density at radius 1 is 1.22 bits per heavy atom. The van der Waals surface area contributed by atoms with Crippen LogP contribution < -0.4 is 5.32 Å². The molecular weight excluding hydrogens is 226 g/mol. The van der Waals surface area contributed by atoms with Crippen molar-refractivity contribution in [1.82, 2.24) is 15.1 Å². The summed E-state index contributed by atoms with van der Waals surface area (Å²) in [6.07, 6.45) is 3.98. The molecule has 0 radical (unpaired) electrons. The van der Waals surface area contributed by atoms with Gasteiger partial charge in [0.05, 0.1) is 19.3 Å².